The molecule has 0 bridgehead atoms. The van der Waals surface area contributed by atoms with Crippen LogP contribution in [0.25, 0.3) is 11.1 Å². The molecule has 164 valence electrons. The quantitative estimate of drug-likeness (QED) is 0.252. The summed E-state index contributed by atoms with van der Waals surface area (Å²) in [6.45, 7) is -0.500. The number of hydrogen-bond donors (Lipinski definition) is 5. The highest BCUT2D eigenvalue weighted by Crippen LogP contribution is 2.44. The van der Waals surface area contributed by atoms with Crippen molar-refractivity contribution in [3.8, 4) is 16.9 Å². The summed E-state index contributed by atoms with van der Waals surface area (Å²) in [6, 6.07) is 16.8. The van der Waals surface area contributed by atoms with Gasteiger partial charge in [0.1, 0.15) is 30.2 Å². The zero-order valence-corrected chi connectivity index (χ0v) is 16.8. The van der Waals surface area contributed by atoms with Gasteiger partial charge < -0.3 is 24.8 Å². The number of hydrogen-bond acceptors (Lipinski definition) is 9. The predicted octanol–water partition coefficient (Wildman–Crippen LogP) is -0.988. The molecular formula is C18H25N2O9P+2. The van der Waals surface area contributed by atoms with Crippen molar-refractivity contribution in [2.75, 3.05) is 6.61 Å². The van der Waals surface area contributed by atoms with E-state index in [-0.39, 0.29) is 0 Å². The van der Waals surface area contributed by atoms with Crippen LogP contribution in [0.2, 0.25) is 0 Å². The summed E-state index contributed by atoms with van der Waals surface area (Å²) >= 11 is 0. The van der Waals surface area contributed by atoms with Crippen molar-refractivity contribution in [3.05, 3.63) is 54.6 Å². The molecule has 30 heavy (non-hydrogen) atoms. The van der Waals surface area contributed by atoms with E-state index in [2.05, 4.69) is 21.0 Å². The van der Waals surface area contributed by atoms with Gasteiger partial charge in [-0.3, -0.25) is 4.52 Å². The fourth-order valence-electron chi connectivity index (χ4n) is 2.92. The van der Waals surface area contributed by atoms with Crippen LogP contribution in [0.4, 0.5) is 0 Å². The second-order valence-corrected chi connectivity index (χ2v) is 8.19. The highest BCUT2D eigenvalue weighted by atomic mass is 31.2. The standard InChI is InChI=1S/C18H25N2O9P/c19-28-30(24,29-20)25-10-14-15(21)16(22)17(23)18(27-14)26-13-8-6-12(7-9-13)11-4-2-1-3-5-11/h1-9,14-18,21-23H,10H2,19-20H3/q+2/t14-,15-,16+,17+,18+/m1/s1. The molecule has 1 fully saturated rings. The van der Waals surface area contributed by atoms with Crippen molar-refractivity contribution in [2.24, 2.45) is 0 Å². The minimum atomic E-state index is -4.03. The Bertz CT molecular complexity index is 846. The zero-order chi connectivity index (χ0) is 21.7. The molecule has 0 aliphatic carbocycles. The number of aliphatic hydroxyl groups excluding tert-OH is 3. The maximum Gasteiger partial charge on any atom is 0.567 e. The molecule has 1 heterocycles. The van der Waals surface area contributed by atoms with Crippen LogP contribution >= 0.6 is 7.82 Å². The molecule has 1 aliphatic rings. The molecule has 0 saturated carbocycles. The summed E-state index contributed by atoms with van der Waals surface area (Å²) in [5, 5.41) is 30.5. The number of ether oxygens (including phenoxy) is 2. The molecule has 5 atom stereocenters. The second-order valence-electron chi connectivity index (χ2n) is 6.52. The van der Waals surface area contributed by atoms with E-state index < -0.39 is 45.1 Å². The maximum atomic E-state index is 11.9. The lowest BCUT2D eigenvalue weighted by Crippen LogP contribution is -2.60. The van der Waals surface area contributed by atoms with Crippen molar-refractivity contribution in [2.45, 2.75) is 30.7 Å². The minimum absolute atomic E-state index is 0.370. The molecule has 1 aliphatic heterocycles. The monoisotopic (exact) mass is 444 g/mol. The SMILES string of the molecule is [NH3+]OP(=O)(O[NH3+])OC[C@H]1O[C@H](Oc2ccc(-c3ccccc3)cc2)[C@@H](O)[C@@H](O)[C@@H]1O. The van der Waals surface area contributed by atoms with Crippen molar-refractivity contribution in [1.82, 2.24) is 0 Å². The molecule has 0 aromatic heterocycles. The zero-order valence-electron chi connectivity index (χ0n) is 15.9. The van der Waals surface area contributed by atoms with E-state index in [0.717, 1.165) is 11.1 Å². The third-order valence-electron chi connectivity index (χ3n) is 4.60. The van der Waals surface area contributed by atoms with E-state index in [1.165, 1.54) is 0 Å². The lowest BCUT2D eigenvalue weighted by Gasteiger charge is -2.40. The highest BCUT2D eigenvalue weighted by molar-refractivity contribution is 7.48. The number of rotatable bonds is 8. The van der Waals surface area contributed by atoms with Crippen LogP contribution < -0.4 is 16.5 Å². The topological polar surface area (TPSA) is 179 Å². The molecule has 12 heteroatoms. The lowest BCUT2D eigenvalue weighted by atomic mass is 9.99. The first kappa shape index (κ1) is 22.8. The average Bonchev–Trinajstić information content (AvgIpc) is 2.79. The van der Waals surface area contributed by atoms with E-state index in [1.807, 2.05) is 42.5 Å². The third-order valence-corrected chi connectivity index (χ3v) is 5.69. The lowest BCUT2D eigenvalue weighted by molar-refractivity contribution is -0.683. The van der Waals surface area contributed by atoms with Crippen molar-refractivity contribution in [1.29, 1.82) is 0 Å². The Labute approximate surface area is 172 Å². The normalized spacial score (nSPS) is 27.0. The summed E-state index contributed by atoms with van der Waals surface area (Å²) in [4.78, 5) is 0. The predicted molar refractivity (Wildman–Crippen MR) is 101 cm³/mol. The summed E-state index contributed by atoms with van der Waals surface area (Å²) in [5.74, 6) is 6.31. The highest BCUT2D eigenvalue weighted by Gasteiger charge is 2.46. The summed E-state index contributed by atoms with van der Waals surface area (Å²) < 4.78 is 36.7. The van der Waals surface area contributed by atoms with Gasteiger partial charge in [-0.15, -0.1) is 0 Å². The first-order chi connectivity index (χ1) is 14.4. The molecule has 0 radical (unpaired) electrons. The van der Waals surface area contributed by atoms with Crippen LogP contribution in [0.15, 0.2) is 54.6 Å². The largest absolute Gasteiger partial charge is 0.567 e. The van der Waals surface area contributed by atoms with E-state index >= 15 is 0 Å². The van der Waals surface area contributed by atoms with Crippen LogP contribution in [0.3, 0.4) is 0 Å². The molecule has 0 spiro atoms. The average molecular weight is 444 g/mol. The van der Waals surface area contributed by atoms with E-state index in [1.54, 1.807) is 12.1 Å². The fraction of sp³-hybridized carbons (Fsp3) is 0.333. The Balaban J connectivity index is 1.67. The second kappa shape index (κ2) is 9.94. The number of phosphoric acid groups is 1. The van der Waals surface area contributed by atoms with Crippen molar-refractivity contribution >= 4 is 7.82 Å². The molecule has 9 N–H and O–H groups in total. The first-order valence-corrected chi connectivity index (χ1v) is 10.5. The maximum absolute atomic E-state index is 11.9. The van der Waals surface area contributed by atoms with Crippen molar-refractivity contribution in [3.63, 3.8) is 0 Å². The van der Waals surface area contributed by atoms with Gasteiger partial charge in [-0.1, -0.05) is 51.7 Å². The van der Waals surface area contributed by atoms with Crippen LogP contribution in [-0.2, 0) is 23.1 Å². The number of benzene rings is 2. The molecule has 2 aromatic rings. The first-order valence-electron chi connectivity index (χ1n) is 9.01. The Hall–Kier alpha value is -1.89. The molecule has 2 aromatic carbocycles. The van der Waals surface area contributed by atoms with Crippen LogP contribution in [0.5, 0.6) is 5.75 Å². The Morgan fingerprint density at radius 1 is 0.867 bits per heavy atom. The molecule has 3 rings (SSSR count). The van der Waals surface area contributed by atoms with Gasteiger partial charge in [0.05, 0.1) is 6.61 Å². The summed E-state index contributed by atoms with van der Waals surface area (Å²) in [6.07, 6.45) is -7.19. The summed E-state index contributed by atoms with van der Waals surface area (Å²) in [5.41, 5.74) is 1.99. The van der Waals surface area contributed by atoms with Crippen LogP contribution in [0, 0.1) is 0 Å². The Kier molecular flexibility index (Phi) is 7.55. The van der Waals surface area contributed by atoms with Gasteiger partial charge >= 0.3 is 7.82 Å². The summed E-state index contributed by atoms with van der Waals surface area (Å²) in [7, 11) is -4.03. The molecule has 1 saturated heterocycles. The van der Waals surface area contributed by atoms with Gasteiger partial charge in [-0.2, -0.15) is 0 Å². The third kappa shape index (κ3) is 5.23. The van der Waals surface area contributed by atoms with Gasteiger partial charge in [0.15, 0.2) is 0 Å². The van der Waals surface area contributed by atoms with Gasteiger partial charge in [0, 0.05) is 0 Å². The van der Waals surface area contributed by atoms with Gasteiger partial charge in [-0.25, -0.2) is 16.4 Å². The van der Waals surface area contributed by atoms with E-state index in [0.29, 0.717) is 5.75 Å². The number of aliphatic hydroxyl groups is 3. The fourth-order valence-corrected chi connectivity index (χ4v) is 3.47. The van der Waals surface area contributed by atoms with Gasteiger partial charge in [0.25, 0.3) is 0 Å². The Morgan fingerprint density at radius 2 is 1.47 bits per heavy atom. The molecular weight excluding hydrogens is 419 g/mol. The van der Waals surface area contributed by atoms with Gasteiger partial charge in [-0.05, 0) is 23.3 Å². The van der Waals surface area contributed by atoms with Crippen molar-refractivity contribution < 1.29 is 54.9 Å². The number of quaternary nitrogens is 2. The van der Waals surface area contributed by atoms with E-state index in [4.69, 9.17) is 14.0 Å². The molecule has 0 unspecified atom stereocenters. The minimum Gasteiger partial charge on any atom is -0.462 e. The Morgan fingerprint density at radius 3 is 2.07 bits per heavy atom. The smallest absolute Gasteiger partial charge is 0.462 e. The molecule has 0 amide bonds. The molecule has 11 nitrogen and oxygen atoms in total. The van der Waals surface area contributed by atoms with Crippen LogP contribution in [0.1, 0.15) is 0 Å². The van der Waals surface area contributed by atoms with E-state index in [9.17, 15) is 19.9 Å². The van der Waals surface area contributed by atoms with Gasteiger partial charge in [0.2, 0.25) is 6.29 Å². The van der Waals surface area contributed by atoms with Crippen LogP contribution in [-0.4, -0.2) is 52.6 Å².